The van der Waals surface area contributed by atoms with Crippen molar-refractivity contribution in [3.8, 4) is 0 Å². The number of hydroxylamine groups is 2. The normalized spacial score (nSPS) is 21.5. The molecule has 1 amide bonds. The molecule has 1 unspecified atom stereocenters. The molecular formula is C9H15NO3. The predicted octanol–water partition coefficient (Wildman–Crippen LogP) is 2.07. The van der Waals surface area contributed by atoms with Gasteiger partial charge < -0.3 is 9.57 Å². The third-order valence-electron chi connectivity index (χ3n) is 1.47. The zero-order valence-corrected chi connectivity index (χ0v) is 8.40. The van der Waals surface area contributed by atoms with Crippen molar-refractivity contribution in [2.75, 3.05) is 0 Å². The first-order valence-corrected chi connectivity index (χ1v) is 4.26. The van der Waals surface area contributed by atoms with E-state index in [0.29, 0.717) is 0 Å². The summed E-state index contributed by atoms with van der Waals surface area (Å²) in [6.45, 7) is 7.31. The Bertz CT molecular complexity index is 230. The van der Waals surface area contributed by atoms with Gasteiger partial charge in [0.15, 0.2) is 0 Å². The molecule has 0 bridgehead atoms. The smallest absolute Gasteiger partial charge is 0.442 e. The molecule has 0 aliphatic carbocycles. The van der Waals surface area contributed by atoms with E-state index >= 15 is 0 Å². The van der Waals surface area contributed by atoms with Crippen LogP contribution in [0.4, 0.5) is 4.79 Å². The molecule has 4 nitrogen and oxygen atoms in total. The molecule has 1 atom stereocenters. The van der Waals surface area contributed by atoms with Crippen molar-refractivity contribution in [3.63, 3.8) is 0 Å². The van der Waals surface area contributed by atoms with Gasteiger partial charge in [-0.1, -0.05) is 0 Å². The van der Waals surface area contributed by atoms with E-state index in [1.165, 1.54) is 11.3 Å². The third kappa shape index (κ3) is 2.65. The summed E-state index contributed by atoms with van der Waals surface area (Å²) in [5, 5.41) is 1.20. The molecule has 0 N–H and O–H groups in total. The highest BCUT2D eigenvalue weighted by Crippen LogP contribution is 2.16. The lowest BCUT2D eigenvalue weighted by Crippen LogP contribution is -2.38. The Labute approximate surface area is 78.1 Å². The fraction of sp³-hybridized carbons (Fsp3) is 0.667. The lowest BCUT2D eigenvalue weighted by molar-refractivity contribution is -0.0995. The zero-order chi connectivity index (χ0) is 10.1. The monoisotopic (exact) mass is 185 g/mol. The molecule has 13 heavy (non-hydrogen) atoms. The van der Waals surface area contributed by atoms with Crippen LogP contribution < -0.4 is 0 Å². The summed E-state index contributed by atoms with van der Waals surface area (Å²) in [5.41, 5.74) is -0.483. The van der Waals surface area contributed by atoms with Crippen molar-refractivity contribution >= 4 is 6.09 Å². The van der Waals surface area contributed by atoms with Crippen LogP contribution in [0.5, 0.6) is 0 Å². The van der Waals surface area contributed by atoms with Crippen molar-refractivity contribution in [2.24, 2.45) is 0 Å². The number of nitrogens with zero attached hydrogens (tertiary/aromatic N) is 1. The molecule has 0 saturated heterocycles. The number of ether oxygens (including phenoxy) is 1. The number of hydrogen-bond donors (Lipinski definition) is 0. The fourth-order valence-corrected chi connectivity index (χ4v) is 0.905. The molecule has 4 heteroatoms. The van der Waals surface area contributed by atoms with E-state index < -0.39 is 11.7 Å². The Morgan fingerprint density at radius 1 is 1.54 bits per heavy atom. The summed E-state index contributed by atoms with van der Waals surface area (Å²) in [6.07, 6.45) is 2.81. The van der Waals surface area contributed by atoms with Crippen LogP contribution in [0.25, 0.3) is 0 Å². The first-order chi connectivity index (χ1) is 5.90. The quantitative estimate of drug-likeness (QED) is 0.580. The first kappa shape index (κ1) is 9.89. The summed E-state index contributed by atoms with van der Waals surface area (Å²) in [4.78, 5) is 16.4. The van der Waals surface area contributed by atoms with Gasteiger partial charge in [-0.2, -0.15) is 0 Å². The summed E-state index contributed by atoms with van der Waals surface area (Å²) < 4.78 is 5.11. The molecular weight excluding hydrogens is 170 g/mol. The SMILES string of the molecule is CC1C=CON1C(=O)OC(C)(C)C. The van der Waals surface area contributed by atoms with Crippen molar-refractivity contribution in [3.05, 3.63) is 12.3 Å². The number of carbonyl (C=O) groups excluding carboxylic acids is 1. The molecule has 0 aromatic heterocycles. The Morgan fingerprint density at radius 3 is 2.54 bits per heavy atom. The van der Waals surface area contributed by atoms with E-state index in [9.17, 15) is 4.79 Å². The number of hydrogen-bond acceptors (Lipinski definition) is 3. The summed E-state index contributed by atoms with van der Waals surface area (Å²) in [6, 6.07) is -0.0603. The molecule has 0 radical (unpaired) electrons. The van der Waals surface area contributed by atoms with Crippen LogP contribution in [0.3, 0.4) is 0 Å². The van der Waals surface area contributed by atoms with Gasteiger partial charge in [-0.25, -0.2) is 4.79 Å². The van der Waals surface area contributed by atoms with Crippen LogP contribution >= 0.6 is 0 Å². The second-order valence-corrected chi connectivity index (χ2v) is 3.98. The van der Waals surface area contributed by atoms with Gasteiger partial charge in [0.05, 0.1) is 6.04 Å². The highest BCUT2D eigenvalue weighted by Gasteiger charge is 2.28. The Balaban J connectivity index is 2.50. The fourth-order valence-electron chi connectivity index (χ4n) is 0.905. The van der Waals surface area contributed by atoms with Crippen molar-refractivity contribution < 1.29 is 14.4 Å². The Kier molecular flexibility index (Phi) is 2.50. The highest BCUT2D eigenvalue weighted by molar-refractivity contribution is 5.67. The molecule has 74 valence electrons. The maximum atomic E-state index is 11.4. The van der Waals surface area contributed by atoms with Crippen molar-refractivity contribution in [2.45, 2.75) is 39.3 Å². The topological polar surface area (TPSA) is 38.8 Å². The minimum Gasteiger partial charge on any atom is -0.442 e. The van der Waals surface area contributed by atoms with Gasteiger partial charge in [-0.3, -0.25) is 0 Å². The number of carbonyl (C=O) groups is 1. The minimum absolute atomic E-state index is 0.0603. The average molecular weight is 185 g/mol. The van der Waals surface area contributed by atoms with Gasteiger partial charge in [-0.15, -0.1) is 5.06 Å². The van der Waals surface area contributed by atoms with Gasteiger partial charge in [0.2, 0.25) is 0 Å². The summed E-state index contributed by atoms with van der Waals surface area (Å²) in [7, 11) is 0. The van der Waals surface area contributed by atoms with Crippen molar-refractivity contribution in [1.29, 1.82) is 0 Å². The molecule has 0 aromatic rings. The lowest BCUT2D eigenvalue weighted by Gasteiger charge is -2.25. The number of rotatable bonds is 0. The standard InChI is InChI=1S/C9H15NO3/c1-7-5-6-12-10(7)8(11)13-9(2,3)4/h5-7H,1-4H3. The maximum Gasteiger partial charge on any atom is 0.444 e. The number of amides is 1. The van der Waals surface area contributed by atoms with Gasteiger partial charge in [-0.05, 0) is 33.8 Å². The van der Waals surface area contributed by atoms with Gasteiger partial charge in [0.25, 0.3) is 0 Å². The zero-order valence-electron chi connectivity index (χ0n) is 8.40. The van der Waals surface area contributed by atoms with Gasteiger partial charge in [0, 0.05) is 0 Å². The van der Waals surface area contributed by atoms with Crippen LogP contribution in [-0.4, -0.2) is 22.8 Å². The Morgan fingerprint density at radius 2 is 2.15 bits per heavy atom. The molecule has 1 heterocycles. The van der Waals surface area contributed by atoms with Crippen LogP contribution in [-0.2, 0) is 9.57 Å². The van der Waals surface area contributed by atoms with Gasteiger partial charge >= 0.3 is 6.09 Å². The van der Waals surface area contributed by atoms with E-state index in [4.69, 9.17) is 9.57 Å². The average Bonchev–Trinajstić information content (AvgIpc) is 2.30. The van der Waals surface area contributed by atoms with E-state index in [0.717, 1.165) is 0 Å². The summed E-state index contributed by atoms with van der Waals surface area (Å²) >= 11 is 0. The van der Waals surface area contributed by atoms with E-state index in [1.54, 1.807) is 6.08 Å². The molecule has 1 aliphatic heterocycles. The third-order valence-corrected chi connectivity index (χ3v) is 1.47. The molecule has 1 aliphatic rings. The molecule has 1 rings (SSSR count). The predicted molar refractivity (Wildman–Crippen MR) is 47.8 cm³/mol. The lowest BCUT2D eigenvalue weighted by atomic mass is 10.2. The van der Waals surface area contributed by atoms with E-state index in [-0.39, 0.29) is 6.04 Å². The molecule has 0 aromatic carbocycles. The summed E-state index contributed by atoms with van der Waals surface area (Å²) in [5.74, 6) is 0. The molecule has 0 fully saturated rings. The molecule has 0 spiro atoms. The van der Waals surface area contributed by atoms with Gasteiger partial charge in [0.1, 0.15) is 11.9 Å². The second-order valence-electron chi connectivity index (χ2n) is 3.98. The van der Waals surface area contributed by atoms with E-state index in [2.05, 4.69) is 0 Å². The molecule has 0 saturated carbocycles. The highest BCUT2D eigenvalue weighted by atomic mass is 16.7. The second kappa shape index (κ2) is 3.28. The first-order valence-electron chi connectivity index (χ1n) is 4.26. The van der Waals surface area contributed by atoms with E-state index in [1.807, 2.05) is 27.7 Å². The van der Waals surface area contributed by atoms with Crippen LogP contribution in [0, 0.1) is 0 Å². The van der Waals surface area contributed by atoms with Crippen LogP contribution in [0.2, 0.25) is 0 Å². The minimum atomic E-state index is -0.483. The Hall–Kier alpha value is -1.19. The van der Waals surface area contributed by atoms with Crippen molar-refractivity contribution in [1.82, 2.24) is 5.06 Å². The largest absolute Gasteiger partial charge is 0.444 e. The maximum absolute atomic E-state index is 11.4. The van der Waals surface area contributed by atoms with Crippen LogP contribution in [0.15, 0.2) is 12.3 Å². The van der Waals surface area contributed by atoms with Crippen LogP contribution in [0.1, 0.15) is 27.7 Å².